The lowest BCUT2D eigenvalue weighted by Crippen LogP contribution is -2.29. The molecule has 0 N–H and O–H groups in total. The molecule has 0 fully saturated rings. The molecule has 2 rings (SSSR count). The number of hydrogen-bond acceptors (Lipinski definition) is 5. The van der Waals surface area contributed by atoms with Crippen LogP contribution in [0.2, 0.25) is 0 Å². The maximum absolute atomic E-state index is 12.8. The molecule has 2 aromatic rings. The zero-order chi connectivity index (χ0) is 15.6. The molecule has 0 bridgehead atoms. The quantitative estimate of drug-likeness (QED) is 0.863. The Hall–Kier alpha value is -2.15. The monoisotopic (exact) mass is 307 g/mol. The first kappa shape index (κ1) is 15.2. The molecular weight excluding hydrogens is 290 g/mol. The number of aromatic nitrogens is 2. The molecule has 6 nitrogen and oxygen atoms in total. The van der Waals surface area contributed by atoms with Gasteiger partial charge in [-0.15, -0.1) is 0 Å². The summed E-state index contributed by atoms with van der Waals surface area (Å²) >= 11 is 0. The summed E-state index contributed by atoms with van der Waals surface area (Å²) in [6, 6.07) is 5.12. The van der Waals surface area contributed by atoms with E-state index in [2.05, 4.69) is 9.97 Å². The number of benzene rings is 1. The first-order valence-electron chi connectivity index (χ1n) is 6.29. The van der Waals surface area contributed by atoms with Crippen LogP contribution in [-0.4, -0.2) is 32.5 Å². The minimum Gasteiger partial charge on any atom is -0.495 e. The molecule has 1 heterocycles. The van der Waals surface area contributed by atoms with Crippen molar-refractivity contribution in [3.05, 3.63) is 41.7 Å². The fourth-order valence-electron chi connectivity index (χ4n) is 2.10. The molecule has 1 aromatic carbocycles. The van der Waals surface area contributed by atoms with E-state index in [-0.39, 0.29) is 10.8 Å². The predicted molar refractivity (Wildman–Crippen MR) is 80.1 cm³/mol. The highest BCUT2D eigenvalue weighted by Gasteiger charge is 2.28. The fraction of sp³-hybridized carbons (Fsp3) is 0.286. The number of rotatable bonds is 4. The Kier molecular flexibility index (Phi) is 4.13. The van der Waals surface area contributed by atoms with E-state index in [1.54, 1.807) is 25.1 Å². The normalized spacial score (nSPS) is 11.2. The van der Waals surface area contributed by atoms with Crippen LogP contribution in [0.4, 0.5) is 5.95 Å². The van der Waals surface area contributed by atoms with Crippen molar-refractivity contribution in [1.82, 2.24) is 9.97 Å². The second-order valence-electron chi connectivity index (χ2n) is 4.63. The molecule has 0 saturated heterocycles. The zero-order valence-electron chi connectivity index (χ0n) is 12.4. The number of anilines is 1. The summed E-state index contributed by atoms with van der Waals surface area (Å²) in [4.78, 5) is 8.07. The average molecular weight is 307 g/mol. The Labute approximate surface area is 124 Å². The van der Waals surface area contributed by atoms with Crippen LogP contribution in [0, 0.1) is 13.8 Å². The molecule has 1 aromatic heterocycles. The molecule has 0 radical (unpaired) electrons. The maximum Gasteiger partial charge on any atom is 0.270 e. The SMILES string of the molecule is COc1cc(C)cc(C)c1S(=O)(=O)N(C)c1ncccn1. The first-order valence-corrected chi connectivity index (χ1v) is 7.73. The molecule has 21 heavy (non-hydrogen) atoms. The smallest absolute Gasteiger partial charge is 0.270 e. The Bertz CT molecular complexity index is 746. The Morgan fingerprint density at radius 2 is 1.76 bits per heavy atom. The average Bonchev–Trinajstić information content (AvgIpc) is 2.46. The molecular formula is C14H17N3O3S. The second-order valence-corrected chi connectivity index (χ2v) is 6.54. The van der Waals surface area contributed by atoms with E-state index in [1.165, 1.54) is 26.6 Å². The van der Waals surface area contributed by atoms with Gasteiger partial charge in [0.05, 0.1) is 7.11 Å². The summed E-state index contributed by atoms with van der Waals surface area (Å²) in [7, 11) is -0.928. The van der Waals surface area contributed by atoms with E-state index < -0.39 is 10.0 Å². The van der Waals surface area contributed by atoms with Gasteiger partial charge in [0, 0.05) is 19.4 Å². The molecule has 0 atom stereocenters. The Balaban J connectivity index is 2.60. The summed E-state index contributed by atoms with van der Waals surface area (Å²) in [5.41, 5.74) is 1.55. The van der Waals surface area contributed by atoms with E-state index >= 15 is 0 Å². The van der Waals surface area contributed by atoms with Crippen LogP contribution in [-0.2, 0) is 10.0 Å². The summed E-state index contributed by atoms with van der Waals surface area (Å²) in [5, 5.41) is 0. The van der Waals surface area contributed by atoms with Gasteiger partial charge in [0.1, 0.15) is 10.6 Å². The van der Waals surface area contributed by atoms with Crippen molar-refractivity contribution in [2.75, 3.05) is 18.5 Å². The number of ether oxygens (including phenoxy) is 1. The van der Waals surface area contributed by atoms with Crippen molar-refractivity contribution in [1.29, 1.82) is 0 Å². The van der Waals surface area contributed by atoms with Crippen LogP contribution in [0.15, 0.2) is 35.5 Å². The topological polar surface area (TPSA) is 72.4 Å². The van der Waals surface area contributed by atoms with E-state index in [4.69, 9.17) is 4.74 Å². The molecule has 112 valence electrons. The van der Waals surface area contributed by atoms with Gasteiger partial charge in [0.15, 0.2) is 0 Å². The minimum atomic E-state index is -3.80. The van der Waals surface area contributed by atoms with Crippen molar-refractivity contribution in [3.8, 4) is 5.75 Å². The van der Waals surface area contributed by atoms with E-state index in [0.717, 1.165) is 9.87 Å². The second kappa shape index (κ2) is 5.69. The van der Waals surface area contributed by atoms with Gasteiger partial charge < -0.3 is 4.74 Å². The highest BCUT2D eigenvalue weighted by atomic mass is 32.2. The molecule has 0 spiro atoms. The van der Waals surface area contributed by atoms with Gasteiger partial charge in [-0.1, -0.05) is 6.07 Å². The van der Waals surface area contributed by atoms with Gasteiger partial charge in [-0.25, -0.2) is 22.7 Å². The molecule has 0 aliphatic carbocycles. The van der Waals surface area contributed by atoms with Gasteiger partial charge in [-0.05, 0) is 37.1 Å². The number of aryl methyl sites for hydroxylation is 2. The van der Waals surface area contributed by atoms with Gasteiger partial charge in [-0.3, -0.25) is 0 Å². The summed E-state index contributed by atoms with van der Waals surface area (Å²) < 4.78 is 31.9. The minimum absolute atomic E-state index is 0.111. The Morgan fingerprint density at radius 3 is 2.33 bits per heavy atom. The summed E-state index contributed by atoms with van der Waals surface area (Å²) in [6.45, 7) is 3.62. The molecule has 0 amide bonds. The summed E-state index contributed by atoms with van der Waals surface area (Å²) in [5.74, 6) is 0.426. The number of sulfonamides is 1. The molecule has 0 aliphatic rings. The standard InChI is InChI=1S/C14H17N3O3S/c1-10-8-11(2)13(12(9-10)20-4)21(18,19)17(3)14-15-6-5-7-16-14/h5-9H,1-4H3. The lowest BCUT2D eigenvalue weighted by atomic mass is 10.1. The number of methoxy groups -OCH3 is 1. The largest absolute Gasteiger partial charge is 0.495 e. The lowest BCUT2D eigenvalue weighted by Gasteiger charge is -2.20. The maximum atomic E-state index is 12.8. The third kappa shape index (κ3) is 2.82. The van der Waals surface area contributed by atoms with Crippen molar-refractivity contribution in [2.24, 2.45) is 0 Å². The first-order chi connectivity index (χ1) is 9.87. The number of hydrogen-bond donors (Lipinski definition) is 0. The zero-order valence-corrected chi connectivity index (χ0v) is 13.2. The van der Waals surface area contributed by atoms with Crippen LogP contribution in [0.3, 0.4) is 0 Å². The molecule has 0 saturated carbocycles. The Morgan fingerprint density at radius 1 is 1.14 bits per heavy atom. The molecule has 7 heteroatoms. The lowest BCUT2D eigenvalue weighted by molar-refractivity contribution is 0.401. The van der Waals surface area contributed by atoms with Gasteiger partial charge in [0.2, 0.25) is 5.95 Å². The van der Waals surface area contributed by atoms with Crippen molar-refractivity contribution in [2.45, 2.75) is 18.7 Å². The highest BCUT2D eigenvalue weighted by molar-refractivity contribution is 7.93. The molecule has 0 unspecified atom stereocenters. The van der Waals surface area contributed by atoms with Gasteiger partial charge >= 0.3 is 0 Å². The van der Waals surface area contributed by atoms with Crippen LogP contribution in [0.25, 0.3) is 0 Å². The van der Waals surface area contributed by atoms with Crippen LogP contribution < -0.4 is 9.04 Å². The van der Waals surface area contributed by atoms with Crippen LogP contribution in [0.5, 0.6) is 5.75 Å². The van der Waals surface area contributed by atoms with Gasteiger partial charge in [0.25, 0.3) is 10.0 Å². The van der Waals surface area contributed by atoms with E-state index in [1.807, 2.05) is 6.92 Å². The third-order valence-corrected chi connectivity index (χ3v) is 4.98. The van der Waals surface area contributed by atoms with Crippen molar-refractivity contribution < 1.29 is 13.2 Å². The summed E-state index contributed by atoms with van der Waals surface area (Å²) in [6.07, 6.45) is 2.99. The third-order valence-electron chi connectivity index (χ3n) is 3.06. The fourth-order valence-corrected chi connectivity index (χ4v) is 3.54. The van der Waals surface area contributed by atoms with Crippen LogP contribution in [0.1, 0.15) is 11.1 Å². The number of nitrogens with zero attached hydrogens (tertiary/aromatic N) is 3. The van der Waals surface area contributed by atoms with E-state index in [9.17, 15) is 8.42 Å². The van der Waals surface area contributed by atoms with E-state index in [0.29, 0.717) is 11.3 Å². The van der Waals surface area contributed by atoms with Crippen molar-refractivity contribution in [3.63, 3.8) is 0 Å². The molecule has 0 aliphatic heterocycles. The van der Waals surface area contributed by atoms with Gasteiger partial charge in [-0.2, -0.15) is 0 Å². The van der Waals surface area contributed by atoms with Crippen molar-refractivity contribution >= 4 is 16.0 Å². The van der Waals surface area contributed by atoms with Crippen LogP contribution >= 0.6 is 0 Å². The highest BCUT2D eigenvalue weighted by Crippen LogP contribution is 2.31. The predicted octanol–water partition coefficient (Wildman–Crippen LogP) is 1.93.